The van der Waals surface area contributed by atoms with Crippen LogP contribution < -0.4 is 4.52 Å². The van der Waals surface area contributed by atoms with E-state index in [2.05, 4.69) is 0 Å². The Bertz CT molecular complexity index is 506. The Balaban J connectivity index is 2.81. The van der Waals surface area contributed by atoms with Crippen LogP contribution in [0.15, 0.2) is 24.3 Å². The molecule has 0 aliphatic heterocycles. The number of hydrogen-bond acceptors (Lipinski definition) is 5. The first-order valence-electron chi connectivity index (χ1n) is 7.18. The number of unbranched alkanes of at least 4 members (excludes halogenated alkanes) is 2. The molecular weight excluding hydrogens is 293 g/mol. The third-order valence-electron chi connectivity index (χ3n) is 2.84. The van der Waals surface area contributed by atoms with E-state index < -0.39 is 12.5 Å². The summed E-state index contributed by atoms with van der Waals surface area (Å²) in [6.07, 6.45) is 3.65. The highest BCUT2D eigenvalue weighted by molar-refractivity contribution is 7.54. The maximum Gasteiger partial charge on any atom is 0.379 e. The first-order chi connectivity index (χ1) is 10.0. The van der Waals surface area contributed by atoms with Crippen molar-refractivity contribution in [1.82, 2.24) is 0 Å². The van der Waals surface area contributed by atoms with Crippen LogP contribution in [0, 0.1) is 10.1 Å². The average Bonchev–Trinajstić information content (AvgIpc) is 2.46. The molecule has 1 rings (SSSR count). The summed E-state index contributed by atoms with van der Waals surface area (Å²) < 4.78 is 23.6. The third-order valence-corrected chi connectivity index (χ3v) is 4.77. The Morgan fingerprint density at radius 2 is 1.95 bits per heavy atom. The first kappa shape index (κ1) is 17.7. The van der Waals surface area contributed by atoms with Gasteiger partial charge in [-0.2, -0.15) is 0 Å². The predicted molar refractivity (Wildman–Crippen MR) is 82.0 cm³/mol. The van der Waals surface area contributed by atoms with E-state index in [4.69, 9.17) is 9.05 Å². The highest BCUT2D eigenvalue weighted by Crippen LogP contribution is 2.49. The van der Waals surface area contributed by atoms with Crippen molar-refractivity contribution in [3.8, 4) is 5.75 Å². The van der Waals surface area contributed by atoms with Gasteiger partial charge in [-0.05, 0) is 18.9 Å². The van der Waals surface area contributed by atoms with Crippen LogP contribution in [0.25, 0.3) is 0 Å². The lowest BCUT2D eigenvalue weighted by Crippen LogP contribution is -2.04. The zero-order chi connectivity index (χ0) is 15.7. The summed E-state index contributed by atoms with van der Waals surface area (Å²) in [6, 6.07) is 5.68. The number of nitrogens with zero attached hydrogens (tertiary/aromatic N) is 1. The topological polar surface area (TPSA) is 78.7 Å². The standard InChI is InChI=1S/C14H22NO5P/c1-3-5-10-19-21(18,11-6-4-2)20-14-9-7-8-13(12-14)15(16)17/h7-9,12H,3-6,10-11H2,1-2H3. The minimum atomic E-state index is -3.26. The molecule has 0 aromatic heterocycles. The van der Waals surface area contributed by atoms with Crippen molar-refractivity contribution in [2.45, 2.75) is 39.5 Å². The summed E-state index contributed by atoms with van der Waals surface area (Å²) in [7, 11) is -3.26. The van der Waals surface area contributed by atoms with E-state index in [-0.39, 0.29) is 11.4 Å². The summed E-state index contributed by atoms with van der Waals surface area (Å²) in [5, 5.41) is 10.8. The molecule has 0 radical (unpaired) electrons. The number of benzene rings is 1. The van der Waals surface area contributed by atoms with Crippen molar-refractivity contribution in [3.63, 3.8) is 0 Å². The molecule has 21 heavy (non-hydrogen) atoms. The van der Waals surface area contributed by atoms with Gasteiger partial charge in [0, 0.05) is 6.07 Å². The lowest BCUT2D eigenvalue weighted by atomic mass is 10.3. The SMILES string of the molecule is CCCCOP(=O)(CCCC)Oc1cccc([N+](=O)[O-])c1. The summed E-state index contributed by atoms with van der Waals surface area (Å²) in [5.74, 6) is 0.208. The molecule has 0 fully saturated rings. The molecule has 0 saturated heterocycles. The summed E-state index contributed by atoms with van der Waals surface area (Å²) in [6.45, 7) is 4.37. The average molecular weight is 315 g/mol. The largest absolute Gasteiger partial charge is 0.424 e. The molecule has 0 aliphatic carbocycles. The van der Waals surface area contributed by atoms with Gasteiger partial charge in [-0.15, -0.1) is 0 Å². The molecule has 0 saturated carbocycles. The molecule has 1 aromatic carbocycles. The fourth-order valence-electron chi connectivity index (χ4n) is 1.65. The first-order valence-corrected chi connectivity index (χ1v) is 8.91. The summed E-state index contributed by atoms with van der Waals surface area (Å²) >= 11 is 0. The number of rotatable bonds is 10. The van der Waals surface area contributed by atoms with E-state index in [0.29, 0.717) is 12.8 Å². The molecule has 0 heterocycles. The number of nitro groups is 1. The molecule has 1 atom stereocenters. The van der Waals surface area contributed by atoms with Gasteiger partial charge in [0.25, 0.3) is 5.69 Å². The van der Waals surface area contributed by atoms with Gasteiger partial charge in [0.15, 0.2) is 0 Å². The number of hydrogen-bond donors (Lipinski definition) is 0. The molecule has 0 N–H and O–H groups in total. The smallest absolute Gasteiger partial charge is 0.379 e. The molecule has 1 unspecified atom stereocenters. The Morgan fingerprint density at radius 1 is 1.24 bits per heavy atom. The molecule has 6 nitrogen and oxygen atoms in total. The lowest BCUT2D eigenvalue weighted by Gasteiger charge is -2.19. The molecule has 0 spiro atoms. The van der Waals surface area contributed by atoms with E-state index >= 15 is 0 Å². The molecule has 1 aromatic rings. The van der Waals surface area contributed by atoms with Gasteiger partial charge in [0.2, 0.25) is 0 Å². The van der Waals surface area contributed by atoms with Crippen LogP contribution in [0.3, 0.4) is 0 Å². The number of non-ortho nitro benzene ring substituents is 1. The van der Waals surface area contributed by atoms with Crippen molar-refractivity contribution in [1.29, 1.82) is 0 Å². The maximum absolute atomic E-state index is 12.7. The fourth-order valence-corrected chi connectivity index (χ4v) is 3.47. The van der Waals surface area contributed by atoms with Crippen LogP contribution in [0.4, 0.5) is 5.69 Å². The number of nitro benzene ring substituents is 1. The van der Waals surface area contributed by atoms with Crippen LogP contribution >= 0.6 is 7.60 Å². The monoisotopic (exact) mass is 315 g/mol. The second-order valence-electron chi connectivity index (χ2n) is 4.72. The predicted octanol–water partition coefficient (Wildman–Crippen LogP) is 4.78. The Labute approximate surface area is 125 Å². The van der Waals surface area contributed by atoms with E-state index in [9.17, 15) is 14.7 Å². The van der Waals surface area contributed by atoms with Crippen LogP contribution in [0.5, 0.6) is 5.75 Å². The molecular formula is C14H22NO5P. The highest BCUT2D eigenvalue weighted by atomic mass is 31.2. The van der Waals surface area contributed by atoms with Crippen LogP contribution in [0.1, 0.15) is 39.5 Å². The van der Waals surface area contributed by atoms with Crippen molar-refractivity contribution >= 4 is 13.3 Å². The summed E-state index contributed by atoms with van der Waals surface area (Å²) in [4.78, 5) is 10.2. The second kappa shape index (κ2) is 8.80. The zero-order valence-corrected chi connectivity index (χ0v) is 13.4. The fraction of sp³-hybridized carbons (Fsp3) is 0.571. The highest BCUT2D eigenvalue weighted by Gasteiger charge is 2.26. The lowest BCUT2D eigenvalue weighted by molar-refractivity contribution is -0.384. The Kier molecular flexibility index (Phi) is 7.40. The maximum atomic E-state index is 12.7. The molecule has 0 aliphatic rings. The van der Waals surface area contributed by atoms with Crippen LogP contribution in [0.2, 0.25) is 0 Å². The van der Waals surface area contributed by atoms with Crippen molar-refractivity contribution in [2.75, 3.05) is 12.8 Å². The van der Waals surface area contributed by atoms with Gasteiger partial charge >= 0.3 is 7.60 Å². The van der Waals surface area contributed by atoms with Crippen molar-refractivity contribution in [2.24, 2.45) is 0 Å². The molecule has 0 amide bonds. The van der Waals surface area contributed by atoms with E-state index in [1.807, 2.05) is 13.8 Å². The summed E-state index contributed by atoms with van der Waals surface area (Å²) in [5.41, 5.74) is -0.0944. The van der Waals surface area contributed by atoms with E-state index in [1.54, 1.807) is 6.07 Å². The third kappa shape index (κ3) is 6.27. The van der Waals surface area contributed by atoms with Crippen molar-refractivity contribution in [3.05, 3.63) is 34.4 Å². The van der Waals surface area contributed by atoms with E-state index in [1.165, 1.54) is 18.2 Å². The Morgan fingerprint density at radius 3 is 2.57 bits per heavy atom. The quantitative estimate of drug-likeness (QED) is 0.268. The van der Waals surface area contributed by atoms with Crippen molar-refractivity contribution < 1.29 is 18.5 Å². The zero-order valence-electron chi connectivity index (χ0n) is 12.5. The van der Waals surface area contributed by atoms with Gasteiger partial charge in [0.05, 0.1) is 23.8 Å². The van der Waals surface area contributed by atoms with Gasteiger partial charge in [-0.1, -0.05) is 32.8 Å². The van der Waals surface area contributed by atoms with E-state index in [0.717, 1.165) is 25.7 Å². The van der Waals surface area contributed by atoms with Crippen LogP contribution in [-0.2, 0) is 9.09 Å². The minimum Gasteiger partial charge on any atom is -0.424 e. The van der Waals surface area contributed by atoms with Gasteiger partial charge in [-0.3, -0.25) is 14.6 Å². The van der Waals surface area contributed by atoms with Crippen LogP contribution in [-0.4, -0.2) is 17.7 Å². The van der Waals surface area contributed by atoms with Gasteiger partial charge < -0.3 is 4.52 Å². The Hall–Kier alpha value is -1.39. The molecule has 0 bridgehead atoms. The molecule has 118 valence electrons. The molecule has 7 heteroatoms. The van der Waals surface area contributed by atoms with Gasteiger partial charge in [-0.25, -0.2) is 4.57 Å². The normalized spacial score (nSPS) is 13.6. The minimum absolute atomic E-state index is 0.0944. The van der Waals surface area contributed by atoms with Gasteiger partial charge in [0.1, 0.15) is 5.75 Å². The second-order valence-corrected chi connectivity index (χ2v) is 6.83.